The molecule has 1 aliphatic heterocycles. The average Bonchev–Trinajstić information content (AvgIpc) is 2.64. The lowest BCUT2D eigenvalue weighted by Gasteiger charge is -2.61. The molecule has 0 spiro atoms. The summed E-state index contributed by atoms with van der Waals surface area (Å²) in [5.74, 6) is 2.86. The van der Waals surface area contributed by atoms with Crippen LogP contribution < -0.4 is 5.32 Å². The minimum Gasteiger partial charge on any atom is -0.388 e. The molecule has 5 aliphatic rings. The molecule has 5 rings (SSSR count). The molecule has 2 heteroatoms. The first-order chi connectivity index (χ1) is 7.69. The van der Waals surface area contributed by atoms with E-state index in [0.717, 1.165) is 37.3 Å². The van der Waals surface area contributed by atoms with Crippen molar-refractivity contribution in [2.75, 3.05) is 13.1 Å². The van der Waals surface area contributed by atoms with E-state index in [9.17, 15) is 5.11 Å². The van der Waals surface area contributed by atoms with Crippen LogP contribution in [0.4, 0.5) is 0 Å². The highest BCUT2D eigenvalue weighted by atomic mass is 16.3. The van der Waals surface area contributed by atoms with Crippen molar-refractivity contribution in [1.82, 2.24) is 5.32 Å². The summed E-state index contributed by atoms with van der Waals surface area (Å²) < 4.78 is 0. The van der Waals surface area contributed by atoms with Gasteiger partial charge in [0, 0.05) is 12.0 Å². The molecular formula is C14H23NO. The van der Waals surface area contributed by atoms with E-state index in [1.54, 1.807) is 0 Å². The van der Waals surface area contributed by atoms with Gasteiger partial charge in [-0.3, -0.25) is 0 Å². The first-order valence-electron chi connectivity index (χ1n) is 7.12. The molecule has 5 fully saturated rings. The molecule has 90 valence electrons. The fourth-order valence-corrected chi connectivity index (χ4v) is 5.81. The van der Waals surface area contributed by atoms with E-state index in [1.165, 1.54) is 38.5 Å². The van der Waals surface area contributed by atoms with E-state index < -0.39 is 0 Å². The third-order valence-corrected chi connectivity index (χ3v) is 6.16. The van der Waals surface area contributed by atoms with Crippen LogP contribution >= 0.6 is 0 Å². The summed E-state index contributed by atoms with van der Waals surface area (Å²) in [5, 5.41) is 14.4. The second-order valence-corrected chi connectivity index (χ2v) is 7.16. The van der Waals surface area contributed by atoms with E-state index >= 15 is 0 Å². The Morgan fingerprint density at radius 1 is 0.938 bits per heavy atom. The van der Waals surface area contributed by atoms with Gasteiger partial charge in [0.05, 0.1) is 5.60 Å². The van der Waals surface area contributed by atoms with Crippen LogP contribution in [0.25, 0.3) is 0 Å². The maximum absolute atomic E-state index is 11.0. The predicted molar refractivity (Wildman–Crippen MR) is 63.0 cm³/mol. The van der Waals surface area contributed by atoms with Gasteiger partial charge in [-0.05, 0) is 69.2 Å². The van der Waals surface area contributed by atoms with Crippen molar-refractivity contribution in [2.24, 2.45) is 23.2 Å². The second-order valence-electron chi connectivity index (χ2n) is 7.16. The van der Waals surface area contributed by atoms with Gasteiger partial charge in [0.2, 0.25) is 0 Å². The van der Waals surface area contributed by atoms with E-state index in [2.05, 4.69) is 5.32 Å². The molecule has 2 nitrogen and oxygen atoms in total. The van der Waals surface area contributed by atoms with Gasteiger partial charge in [-0.15, -0.1) is 0 Å². The highest BCUT2D eigenvalue weighted by molar-refractivity contribution is 5.12. The first kappa shape index (κ1) is 9.90. The minimum absolute atomic E-state index is 0.311. The zero-order valence-corrected chi connectivity index (χ0v) is 10.0. The first-order valence-corrected chi connectivity index (χ1v) is 7.12. The maximum atomic E-state index is 11.0. The summed E-state index contributed by atoms with van der Waals surface area (Å²) in [7, 11) is 0. The molecule has 4 bridgehead atoms. The van der Waals surface area contributed by atoms with Crippen molar-refractivity contribution in [3.63, 3.8) is 0 Å². The van der Waals surface area contributed by atoms with Gasteiger partial charge >= 0.3 is 0 Å². The largest absolute Gasteiger partial charge is 0.388 e. The summed E-state index contributed by atoms with van der Waals surface area (Å²) in [6.07, 6.45) is 9.42. The number of aliphatic hydroxyl groups is 1. The van der Waals surface area contributed by atoms with Crippen LogP contribution in [0.3, 0.4) is 0 Å². The fourth-order valence-electron chi connectivity index (χ4n) is 5.81. The number of nitrogens with one attached hydrogen (secondary N) is 1. The van der Waals surface area contributed by atoms with Crippen LogP contribution in [0.1, 0.15) is 44.9 Å². The molecule has 0 aromatic rings. The molecule has 1 heterocycles. The highest BCUT2D eigenvalue weighted by Crippen LogP contribution is 2.64. The van der Waals surface area contributed by atoms with Crippen molar-refractivity contribution < 1.29 is 5.11 Å². The summed E-state index contributed by atoms with van der Waals surface area (Å²) in [6, 6.07) is 0. The molecule has 1 atom stereocenters. The van der Waals surface area contributed by atoms with Gasteiger partial charge in [-0.2, -0.15) is 0 Å². The Kier molecular flexibility index (Phi) is 1.87. The van der Waals surface area contributed by atoms with Gasteiger partial charge in [-0.1, -0.05) is 0 Å². The van der Waals surface area contributed by atoms with Crippen molar-refractivity contribution in [1.29, 1.82) is 0 Å². The molecule has 4 saturated carbocycles. The molecule has 2 N–H and O–H groups in total. The van der Waals surface area contributed by atoms with E-state index in [-0.39, 0.29) is 5.60 Å². The van der Waals surface area contributed by atoms with Gasteiger partial charge in [0.1, 0.15) is 0 Å². The van der Waals surface area contributed by atoms with Gasteiger partial charge in [0.25, 0.3) is 0 Å². The smallest absolute Gasteiger partial charge is 0.0839 e. The standard InChI is InChI=1S/C14H23NO/c16-14(1-2-15-9-14)13-6-10-3-11(7-13)5-12(4-10)8-13/h10-12,15-16H,1-9H2. The van der Waals surface area contributed by atoms with Crippen LogP contribution in [-0.4, -0.2) is 23.8 Å². The predicted octanol–water partition coefficient (Wildman–Crippen LogP) is 1.93. The van der Waals surface area contributed by atoms with Gasteiger partial charge in [-0.25, -0.2) is 0 Å². The molecule has 4 aliphatic carbocycles. The number of β-amino-alcohol motifs (C(OH)–C–C–N with tert-alkyl or cyclic N) is 1. The van der Waals surface area contributed by atoms with Crippen molar-refractivity contribution in [3.8, 4) is 0 Å². The quantitative estimate of drug-likeness (QED) is 0.709. The lowest BCUT2D eigenvalue weighted by Crippen LogP contribution is -2.59. The van der Waals surface area contributed by atoms with E-state index in [4.69, 9.17) is 0 Å². The average molecular weight is 221 g/mol. The minimum atomic E-state index is -0.358. The molecular weight excluding hydrogens is 198 g/mol. The number of hydrogen-bond donors (Lipinski definition) is 2. The Labute approximate surface area is 97.8 Å². The third kappa shape index (κ3) is 1.15. The summed E-state index contributed by atoms with van der Waals surface area (Å²) in [5.41, 5.74) is -0.0474. The molecule has 1 saturated heterocycles. The lowest BCUT2D eigenvalue weighted by molar-refractivity contribution is -0.169. The Morgan fingerprint density at radius 2 is 1.50 bits per heavy atom. The Hall–Kier alpha value is -0.0800. The summed E-state index contributed by atoms with van der Waals surface area (Å²) in [6.45, 7) is 1.89. The Morgan fingerprint density at radius 3 is 1.94 bits per heavy atom. The number of rotatable bonds is 1. The highest BCUT2D eigenvalue weighted by Gasteiger charge is 2.60. The van der Waals surface area contributed by atoms with E-state index in [1.807, 2.05) is 0 Å². The van der Waals surface area contributed by atoms with Crippen LogP contribution in [0, 0.1) is 23.2 Å². The third-order valence-electron chi connectivity index (χ3n) is 6.16. The fraction of sp³-hybridized carbons (Fsp3) is 1.00. The zero-order chi connectivity index (χ0) is 10.8. The zero-order valence-electron chi connectivity index (χ0n) is 10.0. The second kappa shape index (κ2) is 3.02. The molecule has 0 radical (unpaired) electrons. The molecule has 0 aromatic carbocycles. The SMILES string of the molecule is OC1(C23CC4CC(CC(C4)C2)C3)CCNC1. The summed E-state index contributed by atoms with van der Waals surface area (Å²) in [4.78, 5) is 0. The van der Waals surface area contributed by atoms with Crippen molar-refractivity contribution >= 4 is 0 Å². The number of hydrogen-bond acceptors (Lipinski definition) is 2. The Bertz CT molecular complexity index is 271. The molecule has 1 unspecified atom stereocenters. The Balaban J connectivity index is 1.70. The van der Waals surface area contributed by atoms with Crippen molar-refractivity contribution in [2.45, 2.75) is 50.5 Å². The summed E-state index contributed by atoms with van der Waals surface area (Å²) >= 11 is 0. The topological polar surface area (TPSA) is 32.3 Å². The van der Waals surface area contributed by atoms with Crippen LogP contribution in [-0.2, 0) is 0 Å². The normalized spacial score (nSPS) is 59.4. The van der Waals surface area contributed by atoms with Crippen molar-refractivity contribution in [3.05, 3.63) is 0 Å². The monoisotopic (exact) mass is 221 g/mol. The van der Waals surface area contributed by atoms with Crippen LogP contribution in [0.2, 0.25) is 0 Å². The van der Waals surface area contributed by atoms with Crippen LogP contribution in [0.5, 0.6) is 0 Å². The van der Waals surface area contributed by atoms with Crippen LogP contribution in [0.15, 0.2) is 0 Å². The molecule has 0 aromatic heterocycles. The maximum Gasteiger partial charge on any atom is 0.0839 e. The van der Waals surface area contributed by atoms with Gasteiger partial charge < -0.3 is 10.4 Å². The van der Waals surface area contributed by atoms with Gasteiger partial charge in [0.15, 0.2) is 0 Å². The molecule has 0 amide bonds. The molecule has 16 heavy (non-hydrogen) atoms. The lowest BCUT2D eigenvalue weighted by atomic mass is 9.45. The van der Waals surface area contributed by atoms with E-state index in [0.29, 0.717) is 5.41 Å².